The van der Waals surface area contributed by atoms with Gasteiger partial charge in [-0.25, -0.2) is 9.18 Å². The second-order valence-corrected chi connectivity index (χ2v) is 9.35. The molecule has 1 saturated heterocycles. The lowest BCUT2D eigenvalue weighted by Crippen LogP contribution is -2.70. The normalized spacial score (nSPS) is 24.6. The molecule has 0 spiro atoms. The van der Waals surface area contributed by atoms with Crippen molar-refractivity contribution >= 4 is 30.0 Å². The third kappa shape index (κ3) is 9.59. The minimum Gasteiger partial charge on any atom is -0.462 e. The summed E-state index contributed by atoms with van der Waals surface area (Å²) in [4.78, 5) is 59.6. The second kappa shape index (κ2) is 13.4. The van der Waals surface area contributed by atoms with Crippen molar-refractivity contribution < 1.29 is 56.8 Å². The SMILES string of the molecule is CC(=O)OC[C@@H](OC(C)=O)[C@@H](OC(C)=O)C1OC(C)(C)C(F)C(OC(C)=O)C1NC(=O)OCC(C)C. The molecule has 1 aliphatic heterocycles. The predicted molar refractivity (Wildman–Crippen MR) is 120 cm³/mol. The van der Waals surface area contributed by atoms with Gasteiger partial charge in [-0.3, -0.25) is 19.2 Å². The summed E-state index contributed by atoms with van der Waals surface area (Å²) in [5.41, 5.74) is -1.62. The minimum atomic E-state index is -1.94. The third-order valence-corrected chi connectivity index (χ3v) is 5.00. The number of alkyl halides is 1. The van der Waals surface area contributed by atoms with Crippen LogP contribution in [0.4, 0.5) is 9.18 Å². The summed E-state index contributed by atoms with van der Waals surface area (Å²) in [6, 6.07) is -1.46. The number of carbonyl (C=O) groups is 5. The Bertz CT molecular complexity index is 816. The van der Waals surface area contributed by atoms with Gasteiger partial charge in [0.1, 0.15) is 18.8 Å². The molecule has 1 fully saturated rings. The van der Waals surface area contributed by atoms with Crippen LogP contribution in [0.25, 0.3) is 0 Å². The maximum Gasteiger partial charge on any atom is 0.407 e. The van der Waals surface area contributed by atoms with Crippen molar-refractivity contribution in [2.75, 3.05) is 13.2 Å². The van der Waals surface area contributed by atoms with Crippen molar-refractivity contribution in [2.45, 2.75) is 97.6 Å². The van der Waals surface area contributed by atoms with Gasteiger partial charge >= 0.3 is 30.0 Å². The van der Waals surface area contributed by atoms with E-state index in [0.29, 0.717) is 0 Å². The molecule has 0 aromatic heterocycles. The fourth-order valence-corrected chi connectivity index (χ4v) is 3.59. The van der Waals surface area contributed by atoms with Gasteiger partial charge in [0.05, 0.1) is 12.2 Å². The highest BCUT2D eigenvalue weighted by Gasteiger charge is 2.57. The fourth-order valence-electron chi connectivity index (χ4n) is 3.59. The second-order valence-electron chi connectivity index (χ2n) is 9.35. The molecule has 1 aliphatic rings. The number of amides is 1. The van der Waals surface area contributed by atoms with Crippen LogP contribution in [0.2, 0.25) is 0 Å². The molecule has 1 N–H and O–H groups in total. The van der Waals surface area contributed by atoms with Crippen LogP contribution in [-0.4, -0.2) is 85.4 Å². The highest BCUT2D eigenvalue weighted by Crippen LogP contribution is 2.36. The van der Waals surface area contributed by atoms with Gasteiger partial charge in [0.2, 0.25) is 0 Å². The van der Waals surface area contributed by atoms with E-state index in [2.05, 4.69) is 5.32 Å². The number of hydrogen-bond donors (Lipinski definition) is 1. The number of nitrogens with one attached hydrogen (secondary N) is 1. The standard InChI is InChI=1S/C23H36FNO11/c1-11(2)9-32-22(30)25-17-19(36-23(7,8)21(24)20(17)35-15(6)29)18(34-14(5)28)16(33-13(4)27)10-31-12(3)26/h11,16-21H,9-10H2,1-8H3,(H,25,30)/t16-,17?,18-,19?,20?,21?/m1/s1. The Labute approximate surface area is 209 Å². The molecule has 12 nitrogen and oxygen atoms in total. The Morgan fingerprint density at radius 3 is 1.94 bits per heavy atom. The number of hydrogen-bond acceptors (Lipinski definition) is 11. The molecule has 0 bridgehead atoms. The van der Waals surface area contributed by atoms with Crippen LogP contribution >= 0.6 is 0 Å². The van der Waals surface area contributed by atoms with E-state index in [-0.39, 0.29) is 12.5 Å². The number of ether oxygens (including phenoxy) is 6. The van der Waals surface area contributed by atoms with Crippen LogP contribution in [0, 0.1) is 5.92 Å². The van der Waals surface area contributed by atoms with Gasteiger partial charge in [-0.15, -0.1) is 0 Å². The quantitative estimate of drug-likeness (QED) is 0.329. The van der Waals surface area contributed by atoms with Crippen LogP contribution in [0.5, 0.6) is 0 Å². The van der Waals surface area contributed by atoms with Crippen molar-refractivity contribution in [3.8, 4) is 0 Å². The predicted octanol–water partition coefficient (Wildman–Crippen LogP) is 1.61. The van der Waals surface area contributed by atoms with Crippen LogP contribution in [0.3, 0.4) is 0 Å². The van der Waals surface area contributed by atoms with E-state index in [0.717, 1.165) is 27.7 Å². The van der Waals surface area contributed by atoms with Gasteiger partial charge in [-0.2, -0.15) is 0 Å². The Hall–Kier alpha value is -2.96. The van der Waals surface area contributed by atoms with Gasteiger partial charge in [0.25, 0.3) is 0 Å². The summed E-state index contributed by atoms with van der Waals surface area (Å²) in [5, 5.41) is 2.43. The Morgan fingerprint density at radius 2 is 1.47 bits per heavy atom. The molecule has 0 aliphatic carbocycles. The third-order valence-electron chi connectivity index (χ3n) is 5.00. The van der Waals surface area contributed by atoms with E-state index in [1.807, 2.05) is 0 Å². The molecule has 13 heteroatoms. The van der Waals surface area contributed by atoms with Gasteiger partial charge in [-0.05, 0) is 19.8 Å². The summed E-state index contributed by atoms with van der Waals surface area (Å²) in [6.45, 7) is 10.1. The van der Waals surface area contributed by atoms with E-state index in [9.17, 15) is 24.0 Å². The van der Waals surface area contributed by atoms with E-state index < -0.39 is 78.8 Å². The Balaban J connectivity index is 3.57. The zero-order valence-electron chi connectivity index (χ0n) is 21.8. The smallest absolute Gasteiger partial charge is 0.407 e. The van der Waals surface area contributed by atoms with Gasteiger partial charge in [0.15, 0.2) is 24.5 Å². The lowest BCUT2D eigenvalue weighted by Gasteiger charge is -2.49. The molecular weight excluding hydrogens is 485 g/mol. The van der Waals surface area contributed by atoms with E-state index >= 15 is 4.39 Å². The van der Waals surface area contributed by atoms with Gasteiger partial charge in [-0.1, -0.05) is 13.8 Å². The molecule has 1 rings (SSSR count). The molecule has 206 valence electrons. The Morgan fingerprint density at radius 1 is 0.889 bits per heavy atom. The minimum absolute atomic E-state index is 0.0165. The van der Waals surface area contributed by atoms with E-state index in [1.165, 1.54) is 13.8 Å². The first-order chi connectivity index (χ1) is 16.5. The summed E-state index contributed by atoms with van der Waals surface area (Å²) >= 11 is 0. The Kier molecular flexibility index (Phi) is 11.5. The zero-order chi connectivity index (χ0) is 27.8. The van der Waals surface area contributed by atoms with Crippen molar-refractivity contribution in [2.24, 2.45) is 5.92 Å². The van der Waals surface area contributed by atoms with Crippen molar-refractivity contribution in [1.82, 2.24) is 5.32 Å². The molecule has 0 radical (unpaired) electrons. The van der Waals surface area contributed by atoms with Crippen LogP contribution in [-0.2, 0) is 47.6 Å². The number of esters is 4. The average Bonchev–Trinajstić information content (AvgIpc) is 2.72. The maximum absolute atomic E-state index is 15.5. The van der Waals surface area contributed by atoms with Crippen LogP contribution in [0.15, 0.2) is 0 Å². The number of halogens is 1. The van der Waals surface area contributed by atoms with E-state index in [1.54, 1.807) is 13.8 Å². The molecule has 4 unspecified atom stereocenters. The molecule has 6 atom stereocenters. The molecule has 36 heavy (non-hydrogen) atoms. The van der Waals surface area contributed by atoms with Crippen molar-refractivity contribution in [3.63, 3.8) is 0 Å². The van der Waals surface area contributed by atoms with Crippen LogP contribution in [0.1, 0.15) is 55.4 Å². The lowest BCUT2D eigenvalue weighted by atomic mass is 9.83. The first-order valence-corrected chi connectivity index (χ1v) is 11.4. The summed E-state index contributed by atoms with van der Waals surface area (Å²) in [5.74, 6) is -3.22. The van der Waals surface area contributed by atoms with Crippen LogP contribution < -0.4 is 5.32 Å². The van der Waals surface area contributed by atoms with Gasteiger partial charge < -0.3 is 33.7 Å². The lowest BCUT2D eigenvalue weighted by molar-refractivity contribution is -0.250. The first kappa shape index (κ1) is 31.1. The fraction of sp³-hybridized carbons (Fsp3) is 0.783. The molecule has 1 heterocycles. The highest BCUT2D eigenvalue weighted by molar-refractivity contribution is 5.70. The van der Waals surface area contributed by atoms with Crippen molar-refractivity contribution in [3.05, 3.63) is 0 Å². The molecular formula is C23H36FNO11. The largest absolute Gasteiger partial charge is 0.462 e. The molecule has 0 saturated carbocycles. The molecule has 0 aromatic carbocycles. The number of alkyl carbamates (subject to hydrolysis) is 1. The molecule has 0 aromatic rings. The zero-order valence-corrected chi connectivity index (χ0v) is 21.8. The van der Waals surface area contributed by atoms with Crippen molar-refractivity contribution in [1.29, 1.82) is 0 Å². The summed E-state index contributed by atoms with van der Waals surface area (Å²) < 4.78 is 47.4. The number of carbonyl (C=O) groups excluding carboxylic acids is 5. The van der Waals surface area contributed by atoms with E-state index in [4.69, 9.17) is 28.4 Å². The summed E-state index contributed by atoms with van der Waals surface area (Å²) in [7, 11) is 0. The maximum atomic E-state index is 15.5. The average molecular weight is 522 g/mol. The number of rotatable bonds is 10. The molecule has 1 amide bonds. The summed E-state index contributed by atoms with van der Waals surface area (Å²) in [6.07, 6.45) is -8.89. The van der Waals surface area contributed by atoms with Gasteiger partial charge in [0, 0.05) is 27.7 Å². The topological polar surface area (TPSA) is 153 Å². The highest BCUT2D eigenvalue weighted by atomic mass is 19.1. The first-order valence-electron chi connectivity index (χ1n) is 11.4. The monoisotopic (exact) mass is 521 g/mol.